The van der Waals surface area contributed by atoms with E-state index in [0.29, 0.717) is 37.8 Å². The largest absolute Gasteiger partial charge is 0.497 e. The Morgan fingerprint density at radius 1 is 0.846 bits per heavy atom. The number of hydrogen-bond acceptors (Lipinski definition) is 10. The third kappa shape index (κ3) is 9.72. The Balaban J connectivity index is 1.63. The summed E-state index contributed by atoms with van der Waals surface area (Å²) >= 11 is 3.32. The summed E-state index contributed by atoms with van der Waals surface area (Å²) in [6.07, 6.45) is -1.18. The first-order chi connectivity index (χ1) is 24.8. The Morgan fingerprint density at radius 3 is 1.83 bits per heavy atom. The average Bonchev–Trinajstić information content (AvgIpc) is 3.58. The van der Waals surface area contributed by atoms with Crippen molar-refractivity contribution in [1.29, 1.82) is 0 Å². The quantitative estimate of drug-likeness (QED) is 0.0820. The number of aromatic nitrogens is 4. The number of benzene rings is 4. The van der Waals surface area contributed by atoms with Gasteiger partial charge in [-0.15, -0.1) is 22.0 Å². The van der Waals surface area contributed by atoms with E-state index < -0.39 is 21.7 Å². The number of carbonyl (C=O) groups is 1. The molecule has 0 radical (unpaired) electrons. The number of nitrogens with one attached hydrogen (secondary N) is 1. The van der Waals surface area contributed by atoms with Crippen molar-refractivity contribution in [3.63, 3.8) is 0 Å². The van der Waals surface area contributed by atoms with Crippen LogP contribution in [0.15, 0.2) is 94.7 Å². The molecule has 1 amide bonds. The van der Waals surface area contributed by atoms with Crippen LogP contribution in [0.2, 0.25) is 0 Å². The number of amides is 1. The second-order valence-corrected chi connectivity index (χ2v) is 16.4. The molecule has 1 aromatic heterocycles. The molecule has 4 aromatic carbocycles. The topological polar surface area (TPSA) is 158 Å². The van der Waals surface area contributed by atoms with Crippen molar-refractivity contribution in [2.75, 3.05) is 27.1 Å². The van der Waals surface area contributed by atoms with Gasteiger partial charge in [-0.25, -0.2) is 13.2 Å². The summed E-state index contributed by atoms with van der Waals surface area (Å²) in [5, 5.41) is 25.2. The molecule has 1 heterocycles. The number of hydrogen-bond donors (Lipinski definition) is 2. The lowest BCUT2D eigenvalue weighted by Crippen LogP contribution is -2.44. The lowest BCUT2D eigenvalue weighted by molar-refractivity contribution is 0.185. The minimum Gasteiger partial charge on any atom is -0.497 e. The molecule has 5 rings (SSSR count). The van der Waals surface area contributed by atoms with E-state index >= 15 is 8.42 Å². The minimum absolute atomic E-state index is 0.00143. The highest BCUT2D eigenvalue weighted by atomic mass is 127. The molecular weight excluding hydrogens is 819 g/mol. The first-order valence-corrected chi connectivity index (χ1v) is 19.5. The van der Waals surface area contributed by atoms with Crippen LogP contribution in [0.5, 0.6) is 17.2 Å². The molecule has 52 heavy (non-hydrogen) atoms. The fraction of sp³-hybridized carbons (Fsp3) is 0.278. The predicted octanol–water partition coefficient (Wildman–Crippen LogP) is 6.55. The molecule has 2 N–H and O–H groups in total. The van der Waals surface area contributed by atoms with Gasteiger partial charge in [0.2, 0.25) is 15.8 Å². The molecule has 0 aliphatic carbocycles. The summed E-state index contributed by atoms with van der Waals surface area (Å²) in [5.41, 5.74) is 1.80. The lowest BCUT2D eigenvalue weighted by atomic mass is 10.1. The number of halogens is 1. The van der Waals surface area contributed by atoms with Crippen LogP contribution < -0.4 is 19.5 Å². The normalized spacial score (nSPS) is 11.8. The van der Waals surface area contributed by atoms with Gasteiger partial charge in [-0.3, -0.25) is 0 Å². The zero-order valence-corrected chi connectivity index (χ0v) is 33.0. The van der Waals surface area contributed by atoms with Crippen LogP contribution in [-0.4, -0.2) is 76.8 Å². The van der Waals surface area contributed by atoms with Gasteiger partial charge in [0.25, 0.3) is 0 Å². The van der Waals surface area contributed by atoms with Gasteiger partial charge >= 0.3 is 6.09 Å². The van der Waals surface area contributed by atoms with Gasteiger partial charge in [-0.05, 0) is 107 Å². The Bertz CT molecular complexity index is 2040. The molecule has 0 unspecified atom stereocenters. The molecule has 5 aromatic rings. The first kappa shape index (κ1) is 38.8. The fourth-order valence-corrected chi connectivity index (χ4v) is 9.26. The van der Waals surface area contributed by atoms with Gasteiger partial charge < -0.3 is 24.6 Å². The monoisotopic (exact) mass is 858 g/mol. The summed E-state index contributed by atoms with van der Waals surface area (Å²) in [4.78, 5) is 13.4. The van der Waals surface area contributed by atoms with E-state index in [-0.39, 0.29) is 29.6 Å². The Labute approximate surface area is 320 Å². The molecule has 16 heteroatoms. The van der Waals surface area contributed by atoms with Crippen molar-refractivity contribution >= 4 is 50.5 Å². The third-order valence-electron chi connectivity index (χ3n) is 7.90. The molecule has 274 valence electrons. The van der Waals surface area contributed by atoms with Gasteiger partial charge in [0.05, 0.1) is 33.4 Å². The van der Waals surface area contributed by atoms with Crippen LogP contribution in [-0.2, 0) is 29.7 Å². The first-order valence-electron chi connectivity index (χ1n) is 16.0. The molecule has 0 spiro atoms. The van der Waals surface area contributed by atoms with E-state index in [1.807, 2.05) is 48.5 Å². The van der Waals surface area contributed by atoms with Crippen LogP contribution in [0.1, 0.15) is 30.5 Å². The van der Waals surface area contributed by atoms with Crippen molar-refractivity contribution < 1.29 is 32.5 Å². The van der Waals surface area contributed by atoms with Crippen LogP contribution in [0.25, 0.3) is 11.4 Å². The standard InChI is InChI=1S/C36H39IN6O7S2/c1-36(2,38-35(44)45)23-51-31-19-18-30(37)32(34-39-41-43(40-34)22-26-10-16-29(50-5)17-11-26)33(31)52(46,47)42(20-24-6-12-27(48-3)13-7-24)21-25-8-14-28(49-4)15-9-25/h6-19,38H,20-23H2,1-5H3,(H,44,45). The van der Waals surface area contributed by atoms with E-state index in [4.69, 9.17) is 14.2 Å². The Kier molecular flexibility index (Phi) is 12.7. The molecule has 0 saturated heterocycles. The number of rotatable bonds is 16. The zero-order valence-electron chi connectivity index (χ0n) is 29.2. The van der Waals surface area contributed by atoms with Gasteiger partial charge in [-0.2, -0.15) is 9.10 Å². The van der Waals surface area contributed by atoms with E-state index in [9.17, 15) is 9.90 Å². The van der Waals surface area contributed by atoms with Crippen molar-refractivity contribution in [2.45, 2.75) is 48.8 Å². The maximum atomic E-state index is 15.3. The molecule has 0 bridgehead atoms. The number of sulfonamides is 1. The third-order valence-corrected chi connectivity index (χ3v) is 12.3. The molecule has 0 aliphatic heterocycles. The van der Waals surface area contributed by atoms with Crippen LogP contribution in [0.4, 0.5) is 4.79 Å². The maximum absolute atomic E-state index is 15.3. The van der Waals surface area contributed by atoms with Crippen molar-refractivity contribution in [3.05, 3.63) is 105 Å². The number of ether oxygens (including phenoxy) is 3. The second-order valence-electron chi connectivity index (χ2n) is 12.3. The molecular formula is C36H39IN6O7S2. The lowest BCUT2D eigenvalue weighted by Gasteiger charge is -2.27. The smallest absolute Gasteiger partial charge is 0.405 e. The van der Waals surface area contributed by atoms with Crippen molar-refractivity contribution in [3.8, 4) is 28.6 Å². The van der Waals surface area contributed by atoms with Crippen LogP contribution in [0, 0.1) is 3.57 Å². The highest BCUT2D eigenvalue weighted by molar-refractivity contribution is 14.1. The molecule has 0 saturated carbocycles. The molecule has 13 nitrogen and oxygen atoms in total. The molecule has 0 aliphatic rings. The summed E-state index contributed by atoms with van der Waals surface area (Å²) < 4.78 is 48.5. The van der Waals surface area contributed by atoms with Crippen molar-refractivity contribution in [2.24, 2.45) is 0 Å². The fourth-order valence-electron chi connectivity index (χ4n) is 5.23. The summed E-state index contributed by atoms with van der Waals surface area (Å²) in [6, 6.07) is 25.4. The number of methoxy groups -OCH3 is 3. The van der Waals surface area contributed by atoms with Crippen molar-refractivity contribution in [1.82, 2.24) is 29.8 Å². The summed E-state index contributed by atoms with van der Waals surface area (Å²) in [5.74, 6) is 2.37. The van der Waals surface area contributed by atoms with Gasteiger partial charge in [0.1, 0.15) is 22.1 Å². The van der Waals surface area contributed by atoms with Gasteiger partial charge in [0.15, 0.2) is 0 Å². The van der Waals surface area contributed by atoms with Gasteiger partial charge in [-0.1, -0.05) is 36.4 Å². The minimum atomic E-state index is -4.33. The average molecular weight is 859 g/mol. The Morgan fingerprint density at radius 2 is 1.35 bits per heavy atom. The highest BCUT2D eigenvalue weighted by Gasteiger charge is 2.34. The summed E-state index contributed by atoms with van der Waals surface area (Å²) in [7, 11) is 0.407. The van der Waals surface area contributed by atoms with E-state index in [0.717, 1.165) is 16.7 Å². The highest BCUT2D eigenvalue weighted by Crippen LogP contribution is 2.40. The second kappa shape index (κ2) is 17.0. The van der Waals surface area contributed by atoms with Gasteiger partial charge in [0, 0.05) is 32.8 Å². The van der Waals surface area contributed by atoms with Crippen LogP contribution in [0.3, 0.4) is 0 Å². The maximum Gasteiger partial charge on any atom is 0.405 e. The van der Waals surface area contributed by atoms with E-state index in [1.165, 1.54) is 20.9 Å². The Hall–Kier alpha value is -4.39. The number of nitrogens with zero attached hydrogens (tertiary/aromatic N) is 5. The number of thioether (sulfide) groups is 1. The summed E-state index contributed by atoms with van der Waals surface area (Å²) in [6.45, 7) is 3.85. The van der Waals surface area contributed by atoms with Crippen LogP contribution >= 0.6 is 34.4 Å². The molecule has 0 atom stereocenters. The van der Waals surface area contributed by atoms with E-state index in [1.54, 1.807) is 71.6 Å². The zero-order chi connectivity index (χ0) is 37.5. The predicted molar refractivity (Wildman–Crippen MR) is 206 cm³/mol. The SMILES string of the molecule is COc1ccc(CN(Cc2ccc(OC)cc2)S(=O)(=O)c2c(SCC(C)(C)NC(=O)O)ccc(I)c2-c2nnn(Cc3ccc(OC)cc3)n2)cc1. The number of carboxylic acid groups (broad SMARTS) is 1. The molecule has 0 fully saturated rings. The van der Waals surface area contributed by atoms with E-state index in [2.05, 4.69) is 43.3 Å². The number of tetrazole rings is 1.